The van der Waals surface area contributed by atoms with Crippen LogP contribution in [-0.2, 0) is 4.79 Å². The molecule has 1 atom stereocenters. The van der Waals surface area contributed by atoms with Gasteiger partial charge in [-0.15, -0.1) is 0 Å². The van der Waals surface area contributed by atoms with Gasteiger partial charge in [-0.05, 0) is 31.2 Å². The number of amides is 1. The highest BCUT2D eigenvalue weighted by Crippen LogP contribution is 2.27. The summed E-state index contributed by atoms with van der Waals surface area (Å²) in [6.07, 6.45) is 5.58. The Balaban J connectivity index is 1.90. The Morgan fingerprint density at radius 3 is 2.76 bits per heavy atom. The molecule has 0 saturated carbocycles. The Morgan fingerprint density at radius 2 is 2.24 bits per heavy atom. The van der Waals surface area contributed by atoms with Crippen molar-refractivity contribution in [3.05, 3.63) is 29.6 Å². The van der Waals surface area contributed by atoms with Crippen molar-refractivity contribution in [1.82, 2.24) is 9.88 Å². The van der Waals surface area contributed by atoms with Gasteiger partial charge >= 0.3 is 0 Å². The fourth-order valence-corrected chi connectivity index (χ4v) is 3.38. The summed E-state index contributed by atoms with van der Waals surface area (Å²) < 4.78 is 0. The monoisotopic (exact) mass is 303 g/mol. The summed E-state index contributed by atoms with van der Waals surface area (Å²) in [5.41, 5.74) is 1.63. The van der Waals surface area contributed by atoms with E-state index in [9.17, 15) is 4.79 Å². The van der Waals surface area contributed by atoms with Crippen LogP contribution in [0.25, 0.3) is 0 Å². The van der Waals surface area contributed by atoms with Crippen molar-refractivity contribution in [1.29, 1.82) is 5.26 Å². The second kappa shape index (κ2) is 7.46. The van der Waals surface area contributed by atoms with Gasteiger partial charge in [-0.1, -0.05) is 6.92 Å². The molecule has 0 N–H and O–H groups in total. The molecular formula is C16H21N3OS. The number of hydrogen-bond acceptors (Lipinski definition) is 4. The molecule has 0 aliphatic carbocycles. The maximum Gasteiger partial charge on any atom is 0.226 e. The Kier molecular flexibility index (Phi) is 5.63. The highest BCUT2D eigenvalue weighted by Gasteiger charge is 2.26. The molecule has 1 aromatic heterocycles. The molecule has 0 spiro atoms. The van der Waals surface area contributed by atoms with Crippen molar-refractivity contribution >= 4 is 17.7 Å². The molecule has 5 heteroatoms. The summed E-state index contributed by atoms with van der Waals surface area (Å²) >= 11 is 1.72. The highest BCUT2D eigenvalue weighted by molar-refractivity contribution is 7.98. The number of thioether (sulfide) groups is 1. The molecular weight excluding hydrogens is 282 g/mol. The van der Waals surface area contributed by atoms with E-state index in [0.717, 1.165) is 37.4 Å². The summed E-state index contributed by atoms with van der Waals surface area (Å²) in [6, 6.07) is 5.85. The SMILES string of the molecule is CSCC(C)C(=O)N1CCC(c2ccc(C#N)cn2)CC1. The fourth-order valence-electron chi connectivity index (χ4n) is 2.74. The van der Waals surface area contributed by atoms with Crippen LogP contribution in [-0.4, -0.2) is 40.9 Å². The summed E-state index contributed by atoms with van der Waals surface area (Å²) in [7, 11) is 0. The molecule has 0 radical (unpaired) electrons. The van der Waals surface area contributed by atoms with Gasteiger partial charge in [0.15, 0.2) is 0 Å². The fraction of sp³-hybridized carbons (Fsp3) is 0.562. The smallest absolute Gasteiger partial charge is 0.226 e. The van der Waals surface area contributed by atoms with Crippen LogP contribution in [0.1, 0.15) is 36.9 Å². The predicted molar refractivity (Wildman–Crippen MR) is 85.1 cm³/mol. The number of carbonyl (C=O) groups is 1. The minimum absolute atomic E-state index is 0.101. The lowest BCUT2D eigenvalue weighted by atomic mass is 9.92. The van der Waals surface area contributed by atoms with E-state index < -0.39 is 0 Å². The first-order chi connectivity index (χ1) is 10.2. The molecule has 1 fully saturated rings. The van der Waals surface area contributed by atoms with Crippen LogP contribution >= 0.6 is 11.8 Å². The van der Waals surface area contributed by atoms with E-state index in [-0.39, 0.29) is 11.8 Å². The third kappa shape index (κ3) is 3.98. The van der Waals surface area contributed by atoms with E-state index in [1.807, 2.05) is 30.2 Å². The van der Waals surface area contributed by atoms with E-state index >= 15 is 0 Å². The molecule has 2 rings (SSSR count). The molecule has 1 amide bonds. The van der Waals surface area contributed by atoms with E-state index in [1.165, 1.54) is 0 Å². The van der Waals surface area contributed by atoms with Gasteiger partial charge in [-0.25, -0.2) is 0 Å². The molecule has 1 saturated heterocycles. The van der Waals surface area contributed by atoms with Crippen molar-refractivity contribution < 1.29 is 4.79 Å². The van der Waals surface area contributed by atoms with Crippen LogP contribution in [0.2, 0.25) is 0 Å². The topological polar surface area (TPSA) is 57.0 Å². The number of likely N-dealkylation sites (tertiary alicyclic amines) is 1. The van der Waals surface area contributed by atoms with Crippen molar-refractivity contribution in [3.63, 3.8) is 0 Å². The van der Waals surface area contributed by atoms with Gasteiger partial charge in [0.05, 0.1) is 5.56 Å². The Morgan fingerprint density at radius 1 is 1.52 bits per heavy atom. The summed E-state index contributed by atoms with van der Waals surface area (Å²) in [4.78, 5) is 18.6. The summed E-state index contributed by atoms with van der Waals surface area (Å²) in [6.45, 7) is 3.63. The van der Waals surface area contributed by atoms with E-state index in [4.69, 9.17) is 5.26 Å². The third-order valence-corrected chi connectivity index (χ3v) is 4.81. The van der Waals surface area contributed by atoms with Gasteiger partial charge in [0.2, 0.25) is 5.91 Å². The maximum atomic E-state index is 12.3. The molecule has 21 heavy (non-hydrogen) atoms. The third-order valence-electron chi connectivity index (χ3n) is 3.98. The van der Waals surface area contributed by atoms with Crippen LogP contribution < -0.4 is 0 Å². The summed E-state index contributed by atoms with van der Waals surface area (Å²) in [5, 5.41) is 8.79. The average molecular weight is 303 g/mol. The minimum atomic E-state index is 0.101. The molecule has 1 aromatic rings. The standard InChI is InChI=1S/C16H21N3OS/c1-12(11-21-2)16(20)19-7-5-14(6-8-19)15-4-3-13(9-17)10-18-15/h3-4,10,12,14H,5-8,11H2,1-2H3. The number of rotatable bonds is 4. The first kappa shape index (κ1) is 15.8. The van der Waals surface area contributed by atoms with Gasteiger partial charge in [-0.2, -0.15) is 17.0 Å². The lowest BCUT2D eigenvalue weighted by molar-refractivity contribution is -0.135. The number of piperidine rings is 1. The molecule has 1 unspecified atom stereocenters. The Bertz CT molecular complexity index is 515. The molecule has 0 bridgehead atoms. The van der Waals surface area contributed by atoms with Gasteiger partial charge in [0, 0.05) is 42.6 Å². The predicted octanol–water partition coefficient (Wildman–Crippen LogP) is 2.66. The van der Waals surface area contributed by atoms with Crippen LogP contribution in [0.4, 0.5) is 0 Å². The molecule has 2 heterocycles. The van der Waals surface area contributed by atoms with Gasteiger partial charge in [0.1, 0.15) is 6.07 Å². The zero-order valence-corrected chi connectivity index (χ0v) is 13.4. The Hall–Kier alpha value is -1.54. The largest absolute Gasteiger partial charge is 0.342 e. The zero-order valence-electron chi connectivity index (χ0n) is 12.6. The molecule has 0 aromatic carbocycles. The second-order valence-corrected chi connectivity index (χ2v) is 6.45. The number of nitriles is 1. The molecule has 1 aliphatic rings. The van der Waals surface area contributed by atoms with Crippen molar-refractivity contribution in [2.24, 2.45) is 5.92 Å². The number of aromatic nitrogens is 1. The number of hydrogen-bond donors (Lipinski definition) is 0. The lowest BCUT2D eigenvalue weighted by Gasteiger charge is -2.33. The quantitative estimate of drug-likeness (QED) is 0.858. The van der Waals surface area contributed by atoms with Crippen LogP contribution in [0.5, 0.6) is 0 Å². The van der Waals surface area contributed by atoms with Crippen LogP contribution in [0.3, 0.4) is 0 Å². The molecule has 112 valence electrons. The van der Waals surface area contributed by atoms with Gasteiger partial charge in [0.25, 0.3) is 0 Å². The van der Waals surface area contributed by atoms with Gasteiger partial charge in [-0.3, -0.25) is 9.78 Å². The van der Waals surface area contributed by atoms with E-state index in [0.29, 0.717) is 11.5 Å². The first-order valence-corrected chi connectivity index (χ1v) is 8.69. The van der Waals surface area contributed by atoms with E-state index in [1.54, 1.807) is 18.0 Å². The van der Waals surface area contributed by atoms with E-state index in [2.05, 4.69) is 11.1 Å². The van der Waals surface area contributed by atoms with Gasteiger partial charge < -0.3 is 4.90 Å². The second-order valence-electron chi connectivity index (χ2n) is 5.54. The molecule has 4 nitrogen and oxygen atoms in total. The molecule has 1 aliphatic heterocycles. The zero-order chi connectivity index (χ0) is 15.2. The maximum absolute atomic E-state index is 12.3. The number of nitrogens with zero attached hydrogens (tertiary/aromatic N) is 3. The average Bonchev–Trinajstić information content (AvgIpc) is 2.54. The Labute approximate surface area is 130 Å². The van der Waals surface area contributed by atoms with Crippen molar-refractivity contribution in [2.45, 2.75) is 25.7 Å². The highest BCUT2D eigenvalue weighted by atomic mass is 32.2. The lowest BCUT2D eigenvalue weighted by Crippen LogP contribution is -2.41. The van der Waals surface area contributed by atoms with Crippen LogP contribution in [0.15, 0.2) is 18.3 Å². The first-order valence-electron chi connectivity index (χ1n) is 7.29. The summed E-state index contributed by atoms with van der Waals surface area (Å²) in [5.74, 6) is 1.66. The normalized spacial score (nSPS) is 17.3. The van der Waals surface area contributed by atoms with Crippen molar-refractivity contribution in [2.75, 3.05) is 25.1 Å². The van der Waals surface area contributed by atoms with Crippen LogP contribution in [0, 0.1) is 17.2 Å². The number of carbonyl (C=O) groups excluding carboxylic acids is 1. The van der Waals surface area contributed by atoms with Crippen molar-refractivity contribution in [3.8, 4) is 6.07 Å². The number of pyridine rings is 1. The minimum Gasteiger partial charge on any atom is -0.342 e.